The van der Waals surface area contributed by atoms with E-state index in [0.717, 1.165) is 56.2 Å². The fourth-order valence-electron chi connectivity index (χ4n) is 7.96. The van der Waals surface area contributed by atoms with Gasteiger partial charge in [-0.2, -0.15) is 0 Å². The van der Waals surface area contributed by atoms with Crippen molar-refractivity contribution in [2.24, 2.45) is 23.7 Å². The summed E-state index contributed by atoms with van der Waals surface area (Å²) in [5.74, 6) is 7.43. The molecule has 0 radical (unpaired) electrons. The highest BCUT2D eigenvalue weighted by Crippen LogP contribution is 2.40. The molecule has 2 aliphatic carbocycles. The summed E-state index contributed by atoms with van der Waals surface area (Å²) < 4.78 is 5.41. The number of fused-ring (bicyclic) bond motifs is 2. The zero-order valence-corrected chi connectivity index (χ0v) is 27.3. The Balaban J connectivity index is 1.28. The normalized spacial score (nSPS) is 25.9. The molecule has 0 bridgehead atoms. The topological polar surface area (TPSA) is 116 Å². The summed E-state index contributed by atoms with van der Waals surface area (Å²) in [5.41, 5.74) is 2.98. The summed E-state index contributed by atoms with van der Waals surface area (Å²) in [4.78, 5) is 25.4. The number of hydrogen-bond acceptors (Lipinski definition) is 7. The lowest BCUT2D eigenvalue weighted by Gasteiger charge is -2.39. The second kappa shape index (κ2) is 16.6. The minimum atomic E-state index is -0.844. The van der Waals surface area contributed by atoms with Crippen LogP contribution in [0, 0.1) is 35.5 Å². The number of phenolic OH excluding ortho intramolecular Hbond substituents is 1. The Hall–Kier alpha value is -3.18. The molecule has 7 atom stereocenters. The SMILES string of the molecule is COc1cc2c(cc1O)[C@H]([C@H](CCO)CCc1ccccc1)C#C[C@H]([C@H](O)CCCC[C@H]1CN[C@@H]3CC(=O)CC[C@H]3C1)C(=O)CC2. The van der Waals surface area contributed by atoms with Gasteiger partial charge in [-0.25, -0.2) is 0 Å². The third-order valence-electron chi connectivity index (χ3n) is 10.6. The maximum Gasteiger partial charge on any atom is 0.160 e. The molecule has 0 spiro atoms. The average molecular weight is 630 g/mol. The number of benzene rings is 2. The average Bonchev–Trinajstić information content (AvgIpc) is 3.13. The number of Topliss-reactive ketones (excluding diaryl/α,β-unsaturated/α-hetero) is 2. The Morgan fingerprint density at radius 3 is 2.59 bits per heavy atom. The Kier molecular flexibility index (Phi) is 12.3. The van der Waals surface area contributed by atoms with Crippen LogP contribution in [0.4, 0.5) is 0 Å². The van der Waals surface area contributed by atoms with Crippen LogP contribution in [0.3, 0.4) is 0 Å². The Morgan fingerprint density at radius 1 is 1.00 bits per heavy atom. The zero-order valence-electron chi connectivity index (χ0n) is 27.3. The highest BCUT2D eigenvalue weighted by Gasteiger charge is 2.35. The molecule has 1 aliphatic heterocycles. The summed E-state index contributed by atoms with van der Waals surface area (Å²) in [5, 5.41) is 35.8. The van der Waals surface area contributed by atoms with E-state index in [1.54, 1.807) is 6.07 Å². The summed E-state index contributed by atoms with van der Waals surface area (Å²) in [6.07, 6.45) is 8.97. The van der Waals surface area contributed by atoms with E-state index in [1.807, 2.05) is 24.3 Å². The van der Waals surface area contributed by atoms with Gasteiger partial charge in [-0.15, -0.1) is 0 Å². The van der Waals surface area contributed by atoms with Gasteiger partial charge in [0, 0.05) is 37.8 Å². The van der Waals surface area contributed by atoms with E-state index in [2.05, 4.69) is 29.3 Å². The van der Waals surface area contributed by atoms with Crippen molar-refractivity contribution in [3.8, 4) is 23.3 Å². The minimum Gasteiger partial charge on any atom is -0.504 e. The second-order valence-corrected chi connectivity index (χ2v) is 13.7. The number of aromatic hydroxyl groups is 1. The maximum absolute atomic E-state index is 13.5. The predicted molar refractivity (Wildman–Crippen MR) is 179 cm³/mol. The first kappa shape index (κ1) is 34.2. The lowest BCUT2D eigenvalue weighted by molar-refractivity contribution is -0.124. The number of carbonyl (C=O) groups is 2. The first-order valence-corrected chi connectivity index (χ1v) is 17.4. The Labute approximate surface area is 274 Å². The fraction of sp³-hybridized carbons (Fsp3) is 0.590. The van der Waals surface area contributed by atoms with Crippen molar-refractivity contribution in [3.05, 3.63) is 59.2 Å². The van der Waals surface area contributed by atoms with Crippen molar-refractivity contribution in [2.45, 2.75) is 102 Å². The van der Waals surface area contributed by atoms with Gasteiger partial charge in [0.05, 0.1) is 13.2 Å². The molecule has 3 aliphatic rings. The number of aliphatic hydroxyl groups is 2. The molecule has 46 heavy (non-hydrogen) atoms. The lowest BCUT2D eigenvalue weighted by atomic mass is 9.74. The van der Waals surface area contributed by atoms with Gasteiger partial charge in [-0.1, -0.05) is 55.0 Å². The number of ketones is 2. The zero-order chi connectivity index (χ0) is 32.5. The van der Waals surface area contributed by atoms with E-state index in [0.29, 0.717) is 61.5 Å². The molecule has 248 valence electrons. The van der Waals surface area contributed by atoms with E-state index in [1.165, 1.54) is 19.1 Å². The molecule has 2 aromatic rings. The molecule has 4 N–H and O–H groups in total. The molecule has 2 aromatic carbocycles. The number of piperidine rings is 1. The number of phenols is 1. The van der Waals surface area contributed by atoms with Gasteiger partial charge >= 0.3 is 0 Å². The van der Waals surface area contributed by atoms with E-state index in [9.17, 15) is 24.9 Å². The maximum atomic E-state index is 13.5. The van der Waals surface area contributed by atoms with Crippen LogP contribution in [0.25, 0.3) is 0 Å². The van der Waals surface area contributed by atoms with Crippen LogP contribution in [-0.4, -0.2) is 59.3 Å². The van der Waals surface area contributed by atoms with Crippen LogP contribution in [0.15, 0.2) is 42.5 Å². The monoisotopic (exact) mass is 629 g/mol. The number of carbonyl (C=O) groups excluding carboxylic acids is 2. The summed E-state index contributed by atoms with van der Waals surface area (Å²) in [7, 11) is 1.51. The number of nitrogens with one attached hydrogen (secondary N) is 1. The van der Waals surface area contributed by atoms with Crippen LogP contribution in [0.2, 0.25) is 0 Å². The molecule has 1 saturated heterocycles. The van der Waals surface area contributed by atoms with Gasteiger partial charge in [0.15, 0.2) is 17.3 Å². The molecule has 0 unspecified atom stereocenters. The van der Waals surface area contributed by atoms with Crippen molar-refractivity contribution >= 4 is 11.6 Å². The molecule has 0 aromatic heterocycles. The number of unbranched alkanes of at least 4 members (excludes halogenated alkanes) is 1. The van der Waals surface area contributed by atoms with Gasteiger partial charge in [0.1, 0.15) is 11.7 Å². The lowest BCUT2D eigenvalue weighted by Crippen LogP contribution is -2.48. The molecule has 7 heteroatoms. The molecule has 0 amide bonds. The number of ether oxygens (including phenoxy) is 1. The van der Waals surface area contributed by atoms with Gasteiger partial charge in [-0.3, -0.25) is 9.59 Å². The van der Waals surface area contributed by atoms with Crippen LogP contribution in [0.5, 0.6) is 11.5 Å². The van der Waals surface area contributed by atoms with E-state index in [-0.39, 0.29) is 36.4 Å². The smallest absolute Gasteiger partial charge is 0.160 e. The third-order valence-corrected chi connectivity index (χ3v) is 10.6. The van der Waals surface area contributed by atoms with Gasteiger partial charge < -0.3 is 25.4 Å². The minimum absolute atomic E-state index is 0.0101. The molecular weight excluding hydrogens is 578 g/mol. The standard InChI is InChI=1S/C39H51NO6/c1-46-39-22-29-14-18-37(44)33(36(43)10-6-5-9-27-21-30-13-15-31(42)23-35(30)40-25-27)17-16-32(34(29)24-38(39)45)28(19-20-41)12-11-26-7-3-2-4-8-26/h2-4,7-8,22,24,27-28,30,32-33,35-36,40-41,43,45H,5-6,9-15,18-21,23,25H2,1H3/t27-,28+,30+,32+,33-,35-,36-/m1/s1. The largest absolute Gasteiger partial charge is 0.504 e. The van der Waals surface area contributed by atoms with Gasteiger partial charge in [0.25, 0.3) is 0 Å². The van der Waals surface area contributed by atoms with Crippen LogP contribution < -0.4 is 10.1 Å². The highest BCUT2D eigenvalue weighted by molar-refractivity contribution is 5.85. The Bertz CT molecular complexity index is 1380. The third kappa shape index (κ3) is 8.79. The van der Waals surface area contributed by atoms with Crippen molar-refractivity contribution in [3.63, 3.8) is 0 Å². The molecule has 5 rings (SSSR count). The van der Waals surface area contributed by atoms with Crippen molar-refractivity contribution in [1.29, 1.82) is 0 Å². The van der Waals surface area contributed by atoms with Crippen molar-refractivity contribution in [1.82, 2.24) is 5.32 Å². The molecule has 1 saturated carbocycles. The van der Waals surface area contributed by atoms with Crippen molar-refractivity contribution < 1.29 is 29.6 Å². The predicted octanol–water partition coefficient (Wildman–Crippen LogP) is 5.52. The van der Waals surface area contributed by atoms with Crippen LogP contribution >= 0.6 is 0 Å². The Morgan fingerprint density at radius 2 is 1.80 bits per heavy atom. The van der Waals surface area contributed by atoms with E-state index >= 15 is 0 Å². The number of hydrogen-bond donors (Lipinski definition) is 4. The molecule has 1 heterocycles. The molecule has 2 fully saturated rings. The quantitative estimate of drug-likeness (QED) is 0.170. The van der Waals surface area contributed by atoms with Gasteiger partial charge in [0.2, 0.25) is 0 Å². The van der Waals surface area contributed by atoms with Crippen molar-refractivity contribution in [2.75, 3.05) is 20.3 Å². The van der Waals surface area contributed by atoms with Crippen LogP contribution in [-0.2, 0) is 22.4 Å². The summed E-state index contributed by atoms with van der Waals surface area (Å²) in [6, 6.07) is 14.1. The number of rotatable bonds is 13. The number of aliphatic hydroxyl groups excluding tert-OH is 2. The fourth-order valence-corrected chi connectivity index (χ4v) is 7.96. The van der Waals surface area contributed by atoms with E-state index < -0.39 is 12.0 Å². The molecular formula is C39H51NO6. The first-order chi connectivity index (χ1) is 22.4. The van der Waals surface area contributed by atoms with E-state index in [4.69, 9.17) is 4.74 Å². The number of aryl methyl sites for hydroxylation is 2. The highest BCUT2D eigenvalue weighted by atomic mass is 16.5. The van der Waals surface area contributed by atoms with Crippen LogP contribution in [0.1, 0.15) is 93.2 Å². The summed E-state index contributed by atoms with van der Waals surface area (Å²) in [6.45, 7) is 0.960. The second-order valence-electron chi connectivity index (χ2n) is 13.7. The van der Waals surface area contributed by atoms with Gasteiger partial charge in [-0.05, 0) is 104 Å². The number of methoxy groups -OCH3 is 1. The molecule has 7 nitrogen and oxygen atoms in total. The first-order valence-electron chi connectivity index (χ1n) is 17.4. The summed E-state index contributed by atoms with van der Waals surface area (Å²) >= 11 is 0.